The third kappa shape index (κ3) is 3.01. The predicted octanol–water partition coefficient (Wildman–Crippen LogP) is 3.19. The van der Waals surface area contributed by atoms with Crippen molar-refractivity contribution in [3.05, 3.63) is 29.8 Å². The van der Waals surface area contributed by atoms with E-state index in [9.17, 15) is 0 Å². The van der Waals surface area contributed by atoms with Crippen LogP contribution in [0, 0.1) is 5.92 Å². The van der Waals surface area contributed by atoms with Crippen molar-refractivity contribution in [1.29, 1.82) is 0 Å². The second-order valence-electron chi connectivity index (χ2n) is 5.28. The summed E-state index contributed by atoms with van der Waals surface area (Å²) in [4.78, 5) is 0. The molecule has 0 spiro atoms. The average Bonchev–Trinajstić information content (AvgIpc) is 2.28. The van der Waals surface area contributed by atoms with E-state index in [1.165, 1.54) is 18.4 Å². The van der Waals surface area contributed by atoms with E-state index in [4.69, 9.17) is 4.74 Å². The second-order valence-corrected chi connectivity index (χ2v) is 5.28. The number of benzene rings is 1. The third-order valence-corrected chi connectivity index (χ3v) is 3.75. The van der Waals surface area contributed by atoms with Gasteiger partial charge in [0.25, 0.3) is 0 Å². The first-order valence-corrected chi connectivity index (χ1v) is 6.58. The van der Waals surface area contributed by atoms with E-state index >= 15 is 0 Å². The van der Waals surface area contributed by atoms with E-state index in [1.807, 2.05) is 0 Å². The van der Waals surface area contributed by atoms with Crippen LogP contribution in [0.25, 0.3) is 0 Å². The Bertz CT molecular complexity index is 344. The van der Waals surface area contributed by atoms with Crippen LogP contribution >= 0.6 is 0 Å². The topological polar surface area (TPSA) is 21.3 Å². The highest BCUT2D eigenvalue weighted by atomic mass is 16.5. The van der Waals surface area contributed by atoms with Gasteiger partial charge in [0, 0.05) is 6.04 Å². The van der Waals surface area contributed by atoms with E-state index in [-0.39, 0.29) is 0 Å². The normalized spacial score (nSPS) is 23.5. The molecule has 94 valence electrons. The first-order chi connectivity index (χ1) is 8.20. The molecule has 1 aromatic carbocycles. The van der Waals surface area contributed by atoms with Crippen molar-refractivity contribution < 1.29 is 4.74 Å². The highest BCUT2D eigenvalue weighted by Crippen LogP contribution is 2.42. The zero-order valence-electron chi connectivity index (χ0n) is 11.1. The first-order valence-electron chi connectivity index (χ1n) is 6.58. The summed E-state index contributed by atoms with van der Waals surface area (Å²) in [5.41, 5.74) is 1.47. The Morgan fingerprint density at radius 1 is 1.24 bits per heavy atom. The molecule has 1 aliphatic carbocycles. The monoisotopic (exact) mass is 233 g/mol. The molecule has 0 heterocycles. The molecule has 0 radical (unpaired) electrons. The van der Waals surface area contributed by atoms with Crippen LogP contribution in [0.5, 0.6) is 5.75 Å². The maximum absolute atomic E-state index is 5.19. The maximum Gasteiger partial charge on any atom is 0.118 e. The number of hydrogen-bond acceptors (Lipinski definition) is 2. The molecule has 17 heavy (non-hydrogen) atoms. The molecule has 1 aromatic rings. The van der Waals surface area contributed by atoms with Gasteiger partial charge >= 0.3 is 0 Å². The fourth-order valence-corrected chi connectivity index (χ4v) is 2.49. The Labute approximate surface area is 104 Å². The van der Waals surface area contributed by atoms with Crippen LogP contribution in [0.4, 0.5) is 0 Å². The molecule has 1 saturated carbocycles. The number of nitrogens with one attached hydrogen (secondary N) is 1. The van der Waals surface area contributed by atoms with Crippen molar-refractivity contribution >= 4 is 0 Å². The molecule has 1 fully saturated rings. The van der Waals surface area contributed by atoms with Gasteiger partial charge in [-0.25, -0.2) is 0 Å². The van der Waals surface area contributed by atoms with E-state index in [0.717, 1.165) is 24.1 Å². The van der Waals surface area contributed by atoms with Gasteiger partial charge in [0.2, 0.25) is 0 Å². The smallest absolute Gasteiger partial charge is 0.118 e. The number of methoxy groups -OCH3 is 1. The van der Waals surface area contributed by atoms with Crippen molar-refractivity contribution in [2.45, 2.75) is 38.6 Å². The molecule has 0 aromatic heterocycles. The van der Waals surface area contributed by atoms with Gasteiger partial charge in [0.1, 0.15) is 5.75 Å². The largest absolute Gasteiger partial charge is 0.497 e. The number of hydrogen-bond donors (Lipinski definition) is 1. The summed E-state index contributed by atoms with van der Waals surface area (Å²) in [7, 11) is 1.72. The summed E-state index contributed by atoms with van der Waals surface area (Å²) < 4.78 is 5.19. The molecule has 2 rings (SSSR count). The Balaban J connectivity index is 1.92. The van der Waals surface area contributed by atoms with Gasteiger partial charge in [-0.15, -0.1) is 0 Å². The summed E-state index contributed by atoms with van der Waals surface area (Å²) >= 11 is 0. The molecular formula is C15H23NO. The third-order valence-electron chi connectivity index (χ3n) is 3.75. The van der Waals surface area contributed by atoms with Crippen LogP contribution in [0.15, 0.2) is 24.3 Å². The van der Waals surface area contributed by atoms with E-state index in [2.05, 4.69) is 43.4 Å². The van der Waals surface area contributed by atoms with Crippen molar-refractivity contribution in [2.75, 3.05) is 13.7 Å². The van der Waals surface area contributed by atoms with Crippen LogP contribution in [0.2, 0.25) is 0 Å². The van der Waals surface area contributed by atoms with Crippen LogP contribution < -0.4 is 10.1 Å². The molecule has 2 atom stereocenters. The van der Waals surface area contributed by atoms with Gasteiger partial charge in [-0.1, -0.05) is 26.0 Å². The van der Waals surface area contributed by atoms with Crippen LogP contribution in [0.3, 0.4) is 0 Å². The molecule has 0 amide bonds. The molecular weight excluding hydrogens is 210 g/mol. The van der Waals surface area contributed by atoms with E-state index < -0.39 is 0 Å². The molecule has 2 unspecified atom stereocenters. The van der Waals surface area contributed by atoms with Gasteiger partial charge in [-0.2, -0.15) is 0 Å². The van der Waals surface area contributed by atoms with Gasteiger partial charge < -0.3 is 10.1 Å². The molecule has 0 saturated heterocycles. The van der Waals surface area contributed by atoms with E-state index in [0.29, 0.717) is 6.04 Å². The van der Waals surface area contributed by atoms with Crippen molar-refractivity contribution in [3.63, 3.8) is 0 Å². The minimum absolute atomic E-state index is 0.590. The summed E-state index contributed by atoms with van der Waals surface area (Å²) in [6, 6.07) is 9.16. The molecule has 2 heteroatoms. The highest BCUT2D eigenvalue weighted by molar-refractivity contribution is 5.30. The quantitative estimate of drug-likeness (QED) is 0.843. The minimum Gasteiger partial charge on any atom is -0.497 e. The zero-order valence-corrected chi connectivity index (χ0v) is 11.1. The standard InChI is InChI=1S/C15H23NO/c1-11(2)16-10-13-6-9-15(13)12-4-7-14(17-3)8-5-12/h4-5,7-8,11,13,15-16H,6,9-10H2,1-3H3. The first kappa shape index (κ1) is 12.4. The second kappa shape index (κ2) is 5.54. The van der Waals surface area contributed by atoms with Crippen molar-refractivity contribution in [3.8, 4) is 5.75 Å². The van der Waals surface area contributed by atoms with Gasteiger partial charge in [0.15, 0.2) is 0 Å². The maximum atomic E-state index is 5.19. The molecule has 2 nitrogen and oxygen atoms in total. The summed E-state index contributed by atoms with van der Waals surface area (Å²) in [6.07, 6.45) is 2.69. The lowest BCUT2D eigenvalue weighted by Crippen LogP contribution is -2.36. The average molecular weight is 233 g/mol. The lowest BCUT2D eigenvalue weighted by Gasteiger charge is -2.37. The summed E-state index contributed by atoms with van der Waals surface area (Å²) in [6.45, 7) is 5.57. The Hall–Kier alpha value is -1.02. The van der Waals surface area contributed by atoms with Crippen LogP contribution in [-0.4, -0.2) is 19.7 Å². The molecule has 1 aliphatic rings. The van der Waals surface area contributed by atoms with Crippen molar-refractivity contribution in [1.82, 2.24) is 5.32 Å². The molecule has 0 bridgehead atoms. The van der Waals surface area contributed by atoms with Gasteiger partial charge in [-0.05, 0) is 48.9 Å². The fourth-order valence-electron chi connectivity index (χ4n) is 2.49. The fraction of sp³-hybridized carbons (Fsp3) is 0.600. The Morgan fingerprint density at radius 3 is 2.41 bits per heavy atom. The number of rotatable bonds is 5. The van der Waals surface area contributed by atoms with E-state index in [1.54, 1.807) is 7.11 Å². The molecule has 0 aliphatic heterocycles. The number of ether oxygens (including phenoxy) is 1. The van der Waals surface area contributed by atoms with Crippen LogP contribution in [0.1, 0.15) is 38.2 Å². The van der Waals surface area contributed by atoms with Gasteiger partial charge in [-0.3, -0.25) is 0 Å². The SMILES string of the molecule is COc1ccc(C2CCC2CNC(C)C)cc1. The predicted molar refractivity (Wildman–Crippen MR) is 71.6 cm³/mol. The van der Waals surface area contributed by atoms with Gasteiger partial charge in [0.05, 0.1) is 7.11 Å². The zero-order chi connectivity index (χ0) is 12.3. The summed E-state index contributed by atoms with van der Waals surface area (Å²) in [5.74, 6) is 2.50. The Morgan fingerprint density at radius 2 is 1.94 bits per heavy atom. The lowest BCUT2D eigenvalue weighted by atomic mass is 9.70. The van der Waals surface area contributed by atoms with Crippen molar-refractivity contribution in [2.24, 2.45) is 5.92 Å². The highest BCUT2D eigenvalue weighted by Gasteiger charge is 2.31. The van der Waals surface area contributed by atoms with Crippen LogP contribution in [-0.2, 0) is 0 Å². The Kier molecular flexibility index (Phi) is 4.06. The lowest BCUT2D eigenvalue weighted by molar-refractivity contribution is 0.240. The molecule has 1 N–H and O–H groups in total. The minimum atomic E-state index is 0.590. The summed E-state index contributed by atoms with van der Waals surface area (Å²) in [5, 5.41) is 3.55.